The molecule has 1 atom stereocenters. The van der Waals surface area contributed by atoms with Crippen molar-refractivity contribution in [3.8, 4) is 16.3 Å². The van der Waals surface area contributed by atoms with Gasteiger partial charge in [-0.05, 0) is 38.1 Å². The molecule has 1 fully saturated rings. The van der Waals surface area contributed by atoms with E-state index in [1.807, 2.05) is 31.2 Å². The number of carboxylic acid groups (broad SMARTS) is 1. The Morgan fingerprint density at radius 2 is 2.12 bits per heavy atom. The van der Waals surface area contributed by atoms with Crippen molar-refractivity contribution in [3.63, 3.8) is 0 Å². The van der Waals surface area contributed by atoms with Crippen molar-refractivity contribution < 1.29 is 24.2 Å². The maximum absolute atomic E-state index is 12.8. The molecule has 1 amide bonds. The molecule has 0 aliphatic carbocycles. The fraction of sp³-hybridized carbons (Fsp3) is 0.389. The molecule has 1 N–H and O–H groups in total. The fourth-order valence-electron chi connectivity index (χ4n) is 2.71. The molecule has 1 saturated heterocycles. The fourth-order valence-corrected chi connectivity index (χ4v) is 3.75. The Hall–Kier alpha value is -2.45. The van der Waals surface area contributed by atoms with Crippen LogP contribution in [0, 0.1) is 6.92 Å². The van der Waals surface area contributed by atoms with Crippen LogP contribution in [0.4, 0.5) is 0 Å². The minimum absolute atomic E-state index is 0.0455. The number of benzene rings is 1. The minimum atomic E-state index is -1.06. The number of morpholine rings is 1. The maximum Gasteiger partial charge on any atom is 0.334 e. The summed E-state index contributed by atoms with van der Waals surface area (Å²) in [7, 11) is 0. The largest absolute Gasteiger partial charge is 0.494 e. The van der Waals surface area contributed by atoms with Gasteiger partial charge in [-0.15, -0.1) is 11.3 Å². The van der Waals surface area contributed by atoms with Gasteiger partial charge >= 0.3 is 5.97 Å². The number of hydrogen-bond donors (Lipinski definition) is 1. The zero-order valence-corrected chi connectivity index (χ0v) is 15.4. The first-order valence-electron chi connectivity index (χ1n) is 8.34. The molecule has 1 unspecified atom stereocenters. The third-order valence-electron chi connectivity index (χ3n) is 4.03. The average Bonchev–Trinajstić information content (AvgIpc) is 3.04. The Kier molecular flexibility index (Phi) is 5.53. The Morgan fingerprint density at radius 1 is 1.38 bits per heavy atom. The van der Waals surface area contributed by atoms with E-state index in [1.165, 1.54) is 16.2 Å². The number of aliphatic carboxylic acids is 1. The van der Waals surface area contributed by atoms with Crippen molar-refractivity contribution >= 4 is 23.2 Å². The maximum atomic E-state index is 12.8. The highest BCUT2D eigenvalue weighted by atomic mass is 32.1. The SMILES string of the molecule is CCOc1ccc(-c2nc(C)c(C(=O)N3CCOC(C(=O)O)C3)s2)cc1. The molecule has 26 heavy (non-hydrogen) atoms. The van der Waals surface area contributed by atoms with Gasteiger partial charge in [0.25, 0.3) is 5.91 Å². The van der Waals surface area contributed by atoms with Gasteiger partial charge in [-0.2, -0.15) is 0 Å². The number of rotatable bonds is 5. The molecule has 2 aromatic rings. The van der Waals surface area contributed by atoms with E-state index in [1.54, 1.807) is 6.92 Å². The standard InChI is InChI=1S/C18H20N2O5S/c1-3-24-13-6-4-12(5-7-13)16-19-11(2)15(26-16)17(21)20-8-9-25-14(10-20)18(22)23/h4-7,14H,3,8-10H2,1-2H3,(H,22,23). The van der Waals surface area contributed by atoms with E-state index in [0.29, 0.717) is 23.7 Å². The third kappa shape index (κ3) is 3.86. The number of ether oxygens (including phenoxy) is 2. The van der Waals surface area contributed by atoms with Crippen LogP contribution >= 0.6 is 11.3 Å². The van der Waals surface area contributed by atoms with E-state index in [-0.39, 0.29) is 19.1 Å². The topological polar surface area (TPSA) is 89.0 Å². The van der Waals surface area contributed by atoms with Crippen LogP contribution in [0.5, 0.6) is 5.75 Å². The van der Waals surface area contributed by atoms with Crippen molar-refractivity contribution in [1.82, 2.24) is 9.88 Å². The van der Waals surface area contributed by atoms with Crippen LogP contribution in [-0.2, 0) is 9.53 Å². The molecule has 1 aliphatic heterocycles. The number of aromatic nitrogens is 1. The number of aryl methyl sites for hydroxylation is 1. The van der Waals surface area contributed by atoms with Gasteiger partial charge in [-0.1, -0.05) is 0 Å². The van der Waals surface area contributed by atoms with Crippen molar-refractivity contribution in [2.45, 2.75) is 20.0 Å². The van der Waals surface area contributed by atoms with Crippen molar-refractivity contribution in [3.05, 3.63) is 34.8 Å². The highest BCUT2D eigenvalue weighted by Gasteiger charge is 2.31. The molecule has 8 heteroatoms. The van der Waals surface area contributed by atoms with Gasteiger partial charge in [0.05, 0.1) is 25.5 Å². The van der Waals surface area contributed by atoms with E-state index in [4.69, 9.17) is 14.6 Å². The molecule has 138 valence electrons. The molecule has 1 aliphatic rings. The number of nitrogens with zero attached hydrogens (tertiary/aromatic N) is 2. The first-order valence-corrected chi connectivity index (χ1v) is 9.15. The molecule has 3 rings (SSSR count). The highest BCUT2D eigenvalue weighted by Crippen LogP contribution is 2.30. The zero-order valence-electron chi connectivity index (χ0n) is 14.6. The van der Waals surface area contributed by atoms with Gasteiger partial charge in [-0.3, -0.25) is 4.79 Å². The van der Waals surface area contributed by atoms with E-state index >= 15 is 0 Å². The molecular formula is C18H20N2O5S. The Labute approximate surface area is 155 Å². The second-order valence-electron chi connectivity index (χ2n) is 5.84. The predicted molar refractivity (Wildman–Crippen MR) is 96.7 cm³/mol. The van der Waals surface area contributed by atoms with Crippen LogP contribution in [0.2, 0.25) is 0 Å². The summed E-state index contributed by atoms with van der Waals surface area (Å²) in [5.41, 5.74) is 1.55. The van der Waals surface area contributed by atoms with Crippen LogP contribution in [0.25, 0.3) is 10.6 Å². The second-order valence-corrected chi connectivity index (χ2v) is 6.84. The Bertz CT molecular complexity index is 802. The van der Waals surface area contributed by atoms with Crippen molar-refractivity contribution in [1.29, 1.82) is 0 Å². The van der Waals surface area contributed by atoms with Gasteiger partial charge < -0.3 is 19.5 Å². The minimum Gasteiger partial charge on any atom is -0.494 e. The van der Waals surface area contributed by atoms with E-state index in [9.17, 15) is 9.59 Å². The lowest BCUT2D eigenvalue weighted by molar-refractivity contribution is -0.154. The number of thiazole rings is 1. The number of carboxylic acids is 1. The number of amides is 1. The summed E-state index contributed by atoms with van der Waals surface area (Å²) in [5, 5.41) is 9.84. The zero-order chi connectivity index (χ0) is 18.7. The normalized spacial score (nSPS) is 17.2. The van der Waals surface area contributed by atoms with Gasteiger partial charge in [-0.25, -0.2) is 9.78 Å². The van der Waals surface area contributed by atoms with Crippen LogP contribution in [0.15, 0.2) is 24.3 Å². The number of carbonyl (C=O) groups excluding carboxylic acids is 1. The first kappa shape index (κ1) is 18.3. The molecule has 2 heterocycles. The lowest BCUT2D eigenvalue weighted by Crippen LogP contribution is -2.48. The van der Waals surface area contributed by atoms with Crippen LogP contribution in [-0.4, -0.2) is 59.3 Å². The summed E-state index contributed by atoms with van der Waals surface area (Å²) in [4.78, 5) is 30.5. The van der Waals surface area contributed by atoms with E-state index in [0.717, 1.165) is 16.3 Å². The van der Waals surface area contributed by atoms with E-state index < -0.39 is 12.1 Å². The lowest BCUT2D eigenvalue weighted by Gasteiger charge is -2.30. The Morgan fingerprint density at radius 3 is 2.77 bits per heavy atom. The number of hydrogen-bond acceptors (Lipinski definition) is 6. The monoisotopic (exact) mass is 376 g/mol. The molecule has 7 nitrogen and oxygen atoms in total. The summed E-state index contributed by atoms with van der Waals surface area (Å²) in [6.45, 7) is 4.95. The van der Waals surface area contributed by atoms with Crippen LogP contribution in [0.1, 0.15) is 22.3 Å². The molecule has 1 aromatic carbocycles. The second kappa shape index (κ2) is 7.84. The molecular weight excluding hydrogens is 356 g/mol. The number of carbonyl (C=O) groups is 2. The van der Waals surface area contributed by atoms with Crippen molar-refractivity contribution in [2.24, 2.45) is 0 Å². The smallest absolute Gasteiger partial charge is 0.334 e. The summed E-state index contributed by atoms with van der Waals surface area (Å²) in [6.07, 6.45) is -0.980. The molecule has 0 bridgehead atoms. The summed E-state index contributed by atoms with van der Waals surface area (Å²) in [5.74, 6) is -0.473. The first-order chi connectivity index (χ1) is 12.5. The van der Waals surface area contributed by atoms with Crippen LogP contribution in [0.3, 0.4) is 0 Å². The average molecular weight is 376 g/mol. The summed E-state index contributed by atoms with van der Waals surface area (Å²) >= 11 is 1.31. The van der Waals surface area contributed by atoms with Gasteiger partial charge in [0.15, 0.2) is 6.10 Å². The summed E-state index contributed by atoms with van der Waals surface area (Å²) < 4.78 is 10.6. The quantitative estimate of drug-likeness (QED) is 0.862. The lowest BCUT2D eigenvalue weighted by atomic mass is 10.2. The van der Waals surface area contributed by atoms with E-state index in [2.05, 4.69) is 4.98 Å². The van der Waals surface area contributed by atoms with Crippen molar-refractivity contribution in [2.75, 3.05) is 26.3 Å². The van der Waals surface area contributed by atoms with Gasteiger partial charge in [0.2, 0.25) is 0 Å². The molecule has 0 saturated carbocycles. The molecule has 1 aromatic heterocycles. The third-order valence-corrected chi connectivity index (χ3v) is 5.23. The predicted octanol–water partition coefficient (Wildman–Crippen LogP) is 2.44. The Balaban J connectivity index is 1.79. The molecule has 0 spiro atoms. The summed E-state index contributed by atoms with van der Waals surface area (Å²) in [6, 6.07) is 7.56. The molecule has 0 radical (unpaired) electrons. The highest BCUT2D eigenvalue weighted by molar-refractivity contribution is 7.17. The van der Waals surface area contributed by atoms with Crippen LogP contribution < -0.4 is 4.74 Å². The van der Waals surface area contributed by atoms with Gasteiger partial charge in [0.1, 0.15) is 15.6 Å². The van der Waals surface area contributed by atoms with Gasteiger partial charge in [0, 0.05) is 12.1 Å².